The van der Waals surface area contributed by atoms with Crippen molar-refractivity contribution in [2.24, 2.45) is 0 Å². The van der Waals surface area contributed by atoms with Gasteiger partial charge in [-0.3, -0.25) is 4.79 Å². The molecule has 3 aromatic rings. The van der Waals surface area contributed by atoms with Gasteiger partial charge in [-0.25, -0.2) is 9.50 Å². The number of nitrogens with one attached hydrogen (secondary N) is 1. The van der Waals surface area contributed by atoms with Crippen LogP contribution in [0.4, 0.5) is 13.2 Å². The van der Waals surface area contributed by atoms with Crippen LogP contribution in [0.15, 0.2) is 17.5 Å². The van der Waals surface area contributed by atoms with Crippen LogP contribution in [0.25, 0.3) is 5.78 Å². The number of hydrogen-bond donors (Lipinski definition) is 1. The van der Waals surface area contributed by atoms with Gasteiger partial charge in [0, 0.05) is 21.8 Å². The third-order valence-corrected chi connectivity index (χ3v) is 5.04. The zero-order valence-electron chi connectivity index (χ0n) is 14.3. The molecule has 0 aliphatic heterocycles. The Morgan fingerprint density at radius 2 is 2.08 bits per heavy atom. The molecule has 0 aliphatic rings. The Kier molecular flexibility index (Phi) is 4.70. The van der Waals surface area contributed by atoms with Crippen molar-refractivity contribution in [3.63, 3.8) is 0 Å². The number of halogens is 3. The summed E-state index contributed by atoms with van der Waals surface area (Å²) in [5.41, 5.74) is 1.40. The lowest BCUT2D eigenvalue weighted by Crippen LogP contribution is -2.28. The predicted octanol–water partition coefficient (Wildman–Crippen LogP) is 3.24. The summed E-state index contributed by atoms with van der Waals surface area (Å²) in [5.74, 6) is -1.63. The van der Waals surface area contributed by atoms with Crippen molar-refractivity contribution in [2.75, 3.05) is 0 Å². The maximum atomic E-state index is 12.8. The van der Waals surface area contributed by atoms with Gasteiger partial charge in [-0.05, 0) is 32.2 Å². The van der Waals surface area contributed by atoms with E-state index in [1.165, 1.54) is 11.3 Å². The van der Waals surface area contributed by atoms with Crippen LogP contribution in [0.2, 0.25) is 0 Å². The van der Waals surface area contributed by atoms with E-state index in [9.17, 15) is 18.0 Å². The topological polar surface area (TPSA) is 72.2 Å². The van der Waals surface area contributed by atoms with Crippen LogP contribution < -0.4 is 5.32 Å². The first-order valence-corrected chi connectivity index (χ1v) is 8.67. The zero-order chi connectivity index (χ0) is 19.1. The molecule has 3 aromatic heterocycles. The van der Waals surface area contributed by atoms with Crippen LogP contribution in [0, 0.1) is 13.8 Å². The average molecular weight is 383 g/mol. The van der Waals surface area contributed by atoms with Crippen molar-refractivity contribution in [1.82, 2.24) is 24.9 Å². The number of fused-ring (bicyclic) bond motifs is 1. The highest BCUT2D eigenvalue weighted by molar-refractivity contribution is 7.10. The smallest absolute Gasteiger partial charge is 0.348 e. The lowest BCUT2D eigenvalue weighted by atomic mass is 10.1. The van der Waals surface area contributed by atoms with Gasteiger partial charge in [0.15, 0.2) is 0 Å². The molecule has 0 aliphatic carbocycles. The van der Waals surface area contributed by atoms with Crippen molar-refractivity contribution in [3.8, 4) is 0 Å². The number of rotatable bonds is 4. The summed E-state index contributed by atoms with van der Waals surface area (Å²) >= 11 is 1.54. The number of thiophene rings is 1. The Bertz CT molecular complexity index is 949. The summed E-state index contributed by atoms with van der Waals surface area (Å²) < 4.78 is 39.5. The van der Waals surface area contributed by atoms with Crippen molar-refractivity contribution in [3.05, 3.63) is 45.2 Å². The summed E-state index contributed by atoms with van der Waals surface area (Å²) in [6.45, 7) is 5.11. The van der Waals surface area contributed by atoms with Gasteiger partial charge in [-0.2, -0.15) is 18.2 Å². The van der Waals surface area contributed by atoms with Gasteiger partial charge in [0.1, 0.15) is 0 Å². The molecule has 1 N–H and O–H groups in total. The lowest BCUT2D eigenvalue weighted by Gasteiger charge is -2.14. The Morgan fingerprint density at radius 3 is 2.69 bits per heavy atom. The molecule has 6 nitrogen and oxygen atoms in total. The average Bonchev–Trinajstić information content (AvgIpc) is 3.20. The van der Waals surface area contributed by atoms with Crippen molar-refractivity contribution >= 4 is 23.0 Å². The summed E-state index contributed by atoms with van der Waals surface area (Å²) in [6, 6.07) is 3.67. The minimum atomic E-state index is -4.65. The summed E-state index contributed by atoms with van der Waals surface area (Å²) in [4.78, 5) is 20.9. The van der Waals surface area contributed by atoms with Gasteiger partial charge in [0.25, 0.3) is 11.6 Å². The second kappa shape index (κ2) is 6.67. The van der Waals surface area contributed by atoms with E-state index < -0.39 is 12.0 Å². The molecule has 0 radical (unpaired) electrons. The lowest BCUT2D eigenvalue weighted by molar-refractivity contribution is -0.144. The SMILES string of the molecule is Cc1nc2nc(C(F)(F)F)nn2c(C)c1CC(=O)N[C@H](C)c1cccs1. The predicted molar refractivity (Wildman–Crippen MR) is 89.8 cm³/mol. The molecule has 0 unspecified atom stereocenters. The third-order valence-electron chi connectivity index (χ3n) is 3.99. The number of alkyl halides is 3. The maximum Gasteiger partial charge on any atom is 0.453 e. The largest absolute Gasteiger partial charge is 0.453 e. The molecule has 1 amide bonds. The Labute approximate surface area is 151 Å². The number of aromatic nitrogens is 4. The second-order valence-corrected chi connectivity index (χ2v) is 6.87. The summed E-state index contributed by atoms with van der Waals surface area (Å²) in [6.07, 6.45) is -4.65. The number of amides is 1. The van der Waals surface area contributed by atoms with Gasteiger partial charge < -0.3 is 5.32 Å². The fraction of sp³-hybridized carbons (Fsp3) is 0.375. The third kappa shape index (κ3) is 3.55. The fourth-order valence-electron chi connectivity index (χ4n) is 2.65. The van der Waals surface area contributed by atoms with Gasteiger partial charge in [0.05, 0.1) is 12.5 Å². The van der Waals surface area contributed by atoms with E-state index in [0.29, 0.717) is 17.0 Å². The van der Waals surface area contributed by atoms with E-state index in [1.54, 1.807) is 13.8 Å². The molecule has 0 bridgehead atoms. The normalized spacial score (nSPS) is 13.2. The molecular weight excluding hydrogens is 367 g/mol. The molecule has 3 rings (SSSR count). The number of carbonyl (C=O) groups is 1. The van der Waals surface area contributed by atoms with E-state index in [2.05, 4.69) is 20.4 Å². The highest BCUT2D eigenvalue weighted by atomic mass is 32.1. The maximum absolute atomic E-state index is 12.8. The van der Waals surface area contributed by atoms with Crippen molar-refractivity contribution in [2.45, 2.75) is 39.4 Å². The first-order valence-electron chi connectivity index (χ1n) is 7.79. The molecule has 0 aromatic carbocycles. The molecule has 0 spiro atoms. The molecule has 0 saturated heterocycles. The van der Waals surface area contributed by atoms with E-state index in [0.717, 1.165) is 9.39 Å². The number of carbonyl (C=O) groups excluding carboxylic acids is 1. The quantitative estimate of drug-likeness (QED) is 0.751. The molecule has 0 saturated carbocycles. The van der Waals surface area contributed by atoms with Crippen molar-refractivity contribution < 1.29 is 18.0 Å². The van der Waals surface area contributed by atoms with Crippen LogP contribution in [0.5, 0.6) is 0 Å². The van der Waals surface area contributed by atoms with Crippen LogP contribution in [0.3, 0.4) is 0 Å². The van der Waals surface area contributed by atoms with Gasteiger partial charge >= 0.3 is 6.18 Å². The van der Waals surface area contributed by atoms with Crippen LogP contribution >= 0.6 is 11.3 Å². The van der Waals surface area contributed by atoms with Gasteiger partial charge in [-0.15, -0.1) is 16.4 Å². The molecule has 1 atom stereocenters. The van der Waals surface area contributed by atoms with Gasteiger partial charge in [-0.1, -0.05) is 6.07 Å². The Hall–Kier alpha value is -2.49. The Balaban J connectivity index is 1.86. The molecular formula is C16H16F3N5OS. The number of nitrogens with zero attached hydrogens (tertiary/aromatic N) is 4. The standard InChI is InChI=1S/C16H16F3N5OS/c1-8-11(7-13(25)20-9(2)12-5-4-6-26-12)10(3)24-15(21-8)22-14(23-24)16(17,18)19/h4-6,9H,7H2,1-3H3,(H,20,25)/t9-/m1/s1. The first kappa shape index (κ1) is 18.3. The van der Waals surface area contributed by atoms with E-state index in [4.69, 9.17) is 0 Å². The number of aryl methyl sites for hydroxylation is 2. The van der Waals surface area contributed by atoms with E-state index in [1.807, 2.05) is 24.4 Å². The van der Waals surface area contributed by atoms with Crippen LogP contribution in [-0.2, 0) is 17.4 Å². The molecule has 3 heterocycles. The molecule has 138 valence electrons. The highest BCUT2D eigenvalue weighted by Crippen LogP contribution is 2.27. The monoisotopic (exact) mass is 383 g/mol. The van der Waals surface area contributed by atoms with Gasteiger partial charge in [0.2, 0.25) is 5.91 Å². The zero-order valence-corrected chi connectivity index (χ0v) is 15.1. The van der Waals surface area contributed by atoms with E-state index >= 15 is 0 Å². The van der Waals surface area contributed by atoms with Crippen LogP contribution in [-0.4, -0.2) is 25.5 Å². The molecule has 10 heteroatoms. The fourth-order valence-corrected chi connectivity index (χ4v) is 3.38. The second-order valence-electron chi connectivity index (χ2n) is 5.89. The first-order chi connectivity index (χ1) is 12.2. The van der Waals surface area contributed by atoms with Crippen LogP contribution in [0.1, 0.15) is 40.6 Å². The minimum Gasteiger partial charge on any atom is -0.348 e. The summed E-state index contributed by atoms with van der Waals surface area (Å²) in [5, 5.41) is 8.29. The van der Waals surface area contributed by atoms with E-state index in [-0.39, 0.29) is 24.1 Å². The molecule has 0 fully saturated rings. The number of hydrogen-bond acceptors (Lipinski definition) is 5. The minimum absolute atomic E-state index is 0.00245. The molecule has 26 heavy (non-hydrogen) atoms. The highest BCUT2D eigenvalue weighted by Gasteiger charge is 2.37. The Morgan fingerprint density at radius 1 is 1.35 bits per heavy atom. The van der Waals surface area contributed by atoms with Crippen molar-refractivity contribution in [1.29, 1.82) is 0 Å². The summed E-state index contributed by atoms with van der Waals surface area (Å²) in [7, 11) is 0.